The summed E-state index contributed by atoms with van der Waals surface area (Å²) in [6.45, 7) is 7.38. The Morgan fingerprint density at radius 2 is 1.85 bits per heavy atom. The van der Waals surface area contributed by atoms with Crippen LogP contribution in [0.3, 0.4) is 0 Å². The van der Waals surface area contributed by atoms with Gasteiger partial charge in [-0.2, -0.15) is 0 Å². The highest BCUT2D eigenvalue weighted by Gasteiger charge is 2.57. The van der Waals surface area contributed by atoms with Crippen molar-refractivity contribution in [3.05, 3.63) is 60.1 Å². The fourth-order valence-electron chi connectivity index (χ4n) is 4.75. The Bertz CT molecular complexity index is 973. The van der Waals surface area contributed by atoms with E-state index in [2.05, 4.69) is 24.8 Å². The van der Waals surface area contributed by atoms with Crippen LogP contribution in [0.4, 0.5) is 4.79 Å². The first-order valence-electron chi connectivity index (χ1n) is 11.6. The molecule has 2 saturated heterocycles. The average molecular weight is 452 g/mol. The summed E-state index contributed by atoms with van der Waals surface area (Å²) >= 11 is 0. The first kappa shape index (κ1) is 23.1. The van der Waals surface area contributed by atoms with E-state index < -0.39 is 5.54 Å². The van der Waals surface area contributed by atoms with Gasteiger partial charge in [0.05, 0.1) is 19.9 Å². The van der Waals surface area contributed by atoms with Gasteiger partial charge in [0, 0.05) is 26.2 Å². The summed E-state index contributed by atoms with van der Waals surface area (Å²) in [4.78, 5) is 32.7. The zero-order chi connectivity index (χ0) is 23.4. The third kappa shape index (κ3) is 4.83. The zero-order valence-corrected chi connectivity index (χ0v) is 19.7. The number of carbonyl (C=O) groups is 2. The van der Waals surface area contributed by atoms with Crippen LogP contribution >= 0.6 is 0 Å². The maximum atomic E-state index is 13.7. The molecule has 1 aromatic heterocycles. The molecule has 7 heteroatoms. The Kier molecular flexibility index (Phi) is 6.88. The van der Waals surface area contributed by atoms with Crippen LogP contribution in [0.2, 0.25) is 0 Å². The number of furan rings is 1. The van der Waals surface area contributed by atoms with Crippen molar-refractivity contribution >= 4 is 18.0 Å². The normalized spacial score (nSPS) is 18.9. The number of likely N-dealkylation sites (tertiary alicyclic amines) is 1. The summed E-state index contributed by atoms with van der Waals surface area (Å²) in [6.07, 6.45) is 7.01. The summed E-state index contributed by atoms with van der Waals surface area (Å²) in [5.74, 6) is 1.81. The largest absolute Gasteiger partial charge is 0.497 e. The van der Waals surface area contributed by atoms with Crippen LogP contribution in [0.15, 0.2) is 53.2 Å². The van der Waals surface area contributed by atoms with E-state index in [0.29, 0.717) is 19.4 Å². The number of benzene rings is 1. The van der Waals surface area contributed by atoms with E-state index in [1.807, 2.05) is 47.4 Å². The van der Waals surface area contributed by atoms with Gasteiger partial charge in [0.1, 0.15) is 17.0 Å². The van der Waals surface area contributed by atoms with Gasteiger partial charge in [-0.25, -0.2) is 4.79 Å². The molecule has 2 aromatic rings. The lowest BCUT2D eigenvalue weighted by Gasteiger charge is -2.42. The van der Waals surface area contributed by atoms with Crippen LogP contribution < -0.4 is 4.74 Å². The van der Waals surface area contributed by atoms with Crippen molar-refractivity contribution in [3.8, 4) is 5.75 Å². The number of hydrogen-bond donors (Lipinski definition) is 0. The molecule has 3 heterocycles. The number of urea groups is 1. The lowest BCUT2D eigenvalue weighted by Crippen LogP contribution is -2.57. The number of hydrogen-bond acceptors (Lipinski definition) is 5. The Hall–Kier alpha value is -3.06. The fraction of sp³-hybridized carbons (Fsp3) is 0.462. The monoisotopic (exact) mass is 451 g/mol. The molecule has 2 aliphatic rings. The Morgan fingerprint density at radius 1 is 1.12 bits per heavy atom. The number of imide groups is 1. The van der Waals surface area contributed by atoms with E-state index >= 15 is 0 Å². The Morgan fingerprint density at radius 3 is 2.45 bits per heavy atom. The van der Waals surface area contributed by atoms with Crippen LogP contribution in [0.1, 0.15) is 38.0 Å². The van der Waals surface area contributed by atoms with E-state index in [0.717, 1.165) is 36.7 Å². The lowest BCUT2D eigenvalue weighted by atomic mass is 9.85. The summed E-state index contributed by atoms with van der Waals surface area (Å²) < 4.78 is 10.6. The molecule has 1 aromatic carbocycles. The molecule has 0 aliphatic carbocycles. The van der Waals surface area contributed by atoms with Gasteiger partial charge in [0.15, 0.2) is 0 Å². The molecule has 33 heavy (non-hydrogen) atoms. The maximum Gasteiger partial charge on any atom is 0.327 e. The second-order valence-electron chi connectivity index (χ2n) is 9.28. The zero-order valence-electron chi connectivity index (χ0n) is 19.7. The molecule has 0 atom stereocenters. The quantitative estimate of drug-likeness (QED) is 0.561. The van der Waals surface area contributed by atoms with Crippen LogP contribution in [-0.4, -0.2) is 65.5 Å². The summed E-state index contributed by atoms with van der Waals surface area (Å²) in [5, 5.41) is 0. The van der Waals surface area contributed by atoms with Crippen molar-refractivity contribution in [2.24, 2.45) is 5.92 Å². The standard InChI is InChI=1S/C26H33N3O4/c1-20(2)18-29-25(31)28(19-21-8-10-22(32-3)11-9-21)24(30)26(29)12-15-27(16-13-26)14-4-6-23-7-5-17-33-23/h4-11,17,20H,12-16,18-19H2,1-3H3. The molecule has 0 saturated carbocycles. The first-order valence-corrected chi connectivity index (χ1v) is 11.6. The average Bonchev–Trinajstić information content (AvgIpc) is 3.39. The van der Waals surface area contributed by atoms with Gasteiger partial charge in [0.2, 0.25) is 0 Å². The maximum absolute atomic E-state index is 13.7. The lowest BCUT2D eigenvalue weighted by molar-refractivity contribution is -0.136. The smallest absolute Gasteiger partial charge is 0.327 e. The molecule has 0 N–H and O–H groups in total. The molecule has 3 amide bonds. The number of amides is 3. The molecule has 0 bridgehead atoms. The van der Waals surface area contributed by atoms with E-state index in [-0.39, 0.29) is 24.4 Å². The molecule has 2 fully saturated rings. The van der Waals surface area contributed by atoms with E-state index in [4.69, 9.17) is 9.15 Å². The molecular formula is C26H33N3O4. The first-order chi connectivity index (χ1) is 15.9. The van der Waals surface area contributed by atoms with Gasteiger partial charge in [-0.3, -0.25) is 14.6 Å². The van der Waals surface area contributed by atoms with Crippen molar-refractivity contribution in [3.63, 3.8) is 0 Å². The van der Waals surface area contributed by atoms with Gasteiger partial charge < -0.3 is 14.1 Å². The molecule has 2 aliphatic heterocycles. The number of carbonyl (C=O) groups excluding carboxylic acids is 2. The van der Waals surface area contributed by atoms with Crippen LogP contribution in [0.5, 0.6) is 5.75 Å². The minimum atomic E-state index is -0.741. The van der Waals surface area contributed by atoms with Crippen molar-refractivity contribution in [2.45, 2.75) is 38.8 Å². The van der Waals surface area contributed by atoms with Gasteiger partial charge >= 0.3 is 6.03 Å². The van der Waals surface area contributed by atoms with Gasteiger partial charge in [-0.05, 0) is 54.7 Å². The number of piperidine rings is 1. The van der Waals surface area contributed by atoms with Crippen molar-refractivity contribution in [2.75, 3.05) is 33.3 Å². The minimum absolute atomic E-state index is 0.0604. The minimum Gasteiger partial charge on any atom is -0.497 e. The van der Waals surface area contributed by atoms with Crippen molar-refractivity contribution in [1.82, 2.24) is 14.7 Å². The molecule has 176 valence electrons. The SMILES string of the molecule is COc1ccc(CN2C(=O)N(CC(C)C)C3(CCN(CC=Cc4ccco4)CC3)C2=O)cc1. The molecule has 0 radical (unpaired) electrons. The highest BCUT2D eigenvalue weighted by Crippen LogP contribution is 2.38. The molecule has 4 rings (SSSR count). The Labute approximate surface area is 195 Å². The van der Waals surface area contributed by atoms with Gasteiger partial charge in [0.25, 0.3) is 5.91 Å². The third-order valence-electron chi connectivity index (χ3n) is 6.54. The molecule has 0 unspecified atom stereocenters. The highest BCUT2D eigenvalue weighted by molar-refractivity contribution is 6.07. The fourth-order valence-corrected chi connectivity index (χ4v) is 4.75. The van der Waals surface area contributed by atoms with E-state index in [1.165, 1.54) is 4.90 Å². The summed E-state index contributed by atoms with van der Waals surface area (Å²) in [7, 11) is 1.62. The molecule has 7 nitrogen and oxygen atoms in total. The highest BCUT2D eigenvalue weighted by atomic mass is 16.5. The second kappa shape index (κ2) is 9.83. The van der Waals surface area contributed by atoms with Crippen LogP contribution in [-0.2, 0) is 11.3 Å². The van der Waals surface area contributed by atoms with Crippen molar-refractivity contribution in [1.29, 1.82) is 0 Å². The summed E-state index contributed by atoms with van der Waals surface area (Å²) in [6, 6.07) is 11.2. The van der Waals surface area contributed by atoms with Crippen molar-refractivity contribution < 1.29 is 18.7 Å². The number of ether oxygens (including phenoxy) is 1. The van der Waals surface area contributed by atoms with Gasteiger partial charge in [-0.1, -0.05) is 32.1 Å². The van der Waals surface area contributed by atoms with Crippen LogP contribution in [0.25, 0.3) is 6.08 Å². The third-order valence-corrected chi connectivity index (χ3v) is 6.54. The number of rotatable bonds is 8. The molecule has 1 spiro atoms. The Balaban J connectivity index is 1.46. The van der Waals surface area contributed by atoms with Gasteiger partial charge in [-0.15, -0.1) is 0 Å². The van der Waals surface area contributed by atoms with E-state index in [9.17, 15) is 9.59 Å². The predicted molar refractivity (Wildman–Crippen MR) is 127 cm³/mol. The predicted octanol–water partition coefficient (Wildman–Crippen LogP) is 4.26. The topological polar surface area (TPSA) is 66.2 Å². The van der Waals surface area contributed by atoms with E-state index in [1.54, 1.807) is 13.4 Å². The number of methoxy groups -OCH3 is 1. The van der Waals surface area contributed by atoms with Crippen LogP contribution in [0, 0.1) is 5.92 Å². The second-order valence-corrected chi connectivity index (χ2v) is 9.28. The molecular weight excluding hydrogens is 418 g/mol. The number of nitrogens with zero attached hydrogens (tertiary/aromatic N) is 3. The summed E-state index contributed by atoms with van der Waals surface area (Å²) in [5.41, 5.74) is 0.175.